The first-order valence-corrected chi connectivity index (χ1v) is 8.03. The Kier molecular flexibility index (Phi) is 5.99. The van der Waals surface area contributed by atoms with Gasteiger partial charge in [0.1, 0.15) is 5.56 Å². The van der Waals surface area contributed by atoms with E-state index in [2.05, 4.69) is 5.32 Å². The molecule has 0 saturated carbocycles. The number of halogens is 3. The van der Waals surface area contributed by atoms with Crippen molar-refractivity contribution in [3.63, 3.8) is 0 Å². The minimum Gasteiger partial charge on any atom is -0.338 e. The number of nitro benzene ring substituents is 1. The minimum atomic E-state index is -4.70. The molecule has 1 amide bonds. The molecule has 0 radical (unpaired) electrons. The van der Waals surface area contributed by atoms with Crippen LogP contribution in [-0.2, 0) is 6.18 Å². The third kappa shape index (κ3) is 4.68. The Hall–Kier alpha value is -2.16. The van der Waals surface area contributed by atoms with Gasteiger partial charge in [-0.1, -0.05) is 0 Å². The standard InChI is InChI=1S/C16H20F3N3O3/c1-20-7-4-11-5-8-21(9-6-11)15(23)13-3-2-12(16(17,18)19)10-14(13)22(24)25/h2-3,10-11,20H,4-9H2,1H3. The number of amides is 1. The second kappa shape index (κ2) is 7.81. The molecule has 25 heavy (non-hydrogen) atoms. The first kappa shape index (κ1) is 19.2. The Morgan fingerprint density at radius 2 is 2.00 bits per heavy atom. The Balaban J connectivity index is 2.15. The zero-order valence-corrected chi connectivity index (χ0v) is 13.8. The largest absolute Gasteiger partial charge is 0.416 e. The summed E-state index contributed by atoms with van der Waals surface area (Å²) in [5.74, 6) is -0.119. The maximum atomic E-state index is 12.7. The van der Waals surface area contributed by atoms with Gasteiger partial charge in [0.2, 0.25) is 0 Å². The molecule has 1 aromatic rings. The van der Waals surface area contributed by atoms with Gasteiger partial charge in [-0.15, -0.1) is 0 Å². The molecular formula is C16H20F3N3O3. The number of benzene rings is 1. The van der Waals surface area contributed by atoms with Crippen LogP contribution in [0.4, 0.5) is 18.9 Å². The van der Waals surface area contributed by atoms with Gasteiger partial charge >= 0.3 is 6.18 Å². The van der Waals surface area contributed by atoms with Crippen LogP contribution >= 0.6 is 0 Å². The number of nitro groups is 1. The summed E-state index contributed by atoms with van der Waals surface area (Å²) in [7, 11) is 1.86. The van der Waals surface area contributed by atoms with Gasteiger partial charge in [0.25, 0.3) is 11.6 Å². The third-order valence-electron chi connectivity index (χ3n) is 4.46. The number of rotatable bonds is 5. The first-order chi connectivity index (χ1) is 11.7. The van der Waals surface area contributed by atoms with Crippen molar-refractivity contribution in [3.8, 4) is 0 Å². The highest BCUT2D eigenvalue weighted by Gasteiger charge is 2.35. The molecule has 0 aromatic heterocycles. The van der Waals surface area contributed by atoms with Crippen molar-refractivity contribution in [2.45, 2.75) is 25.4 Å². The molecule has 1 aromatic carbocycles. The molecule has 0 unspecified atom stereocenters. The van der Waals surface area contributed by atoms with Crippen LogP contribution in [0.5, 0.6) is 0 Å². The molecule has 1 fully saturated rings. The van der Waals surface area contributed by atoms with Crippen LogP contribution in [0.1, 0.15) is 35.2 Å². The van der Waals surface area contributed by atoms with Gasteiger partial charge in [-0.25, -0.2) is 0 Å². The summed E-state index contributed by atoms with van der Waals surface area (Å²) in [5, 5.41) is 14.2. The Labute approximate surface area is 143 Å². The molecule has 0 spiro atoms. The average molecular weight is 359 g/mol. The van der Waals surface area contributed by atoms with Gasteiger partial charge in [0.05, 0.1) is 10.5 Å². The molecular weight excluding hydrogens is 339 g/mol. The highest BCUT2D eigenvalue weighted by molar-refractivity contribution is 5.98. The number of likely N-dealkylation sites (tertiary alicyclic amines) is 1. The highest BCUT2D eigenvalue weighted by atomic mass is 19.4. The monoisotopic (exact) mass is 359 g/mol. The lowest BCUT2D eigenvalue weighted by Crippen LogP contribution is -2.39. The highest BCUT2D eigenvalue weighted by Crippen LogP contribution is 2.33. The third-order valence-corrected chi connectivity index (χ3v) is 4.46. The van der Waals surface area contributed by atoms with Crippen LogP contribution in [0.3, 0.4) is 0 Å². The number of hydrogen-bond donors (Lipinski definition) is 1. The van der Waals surface area contributed by atoms with E-state index in [9.17, 15) is 28.1 Å². The molecule has 0 aliphatic carbocycles. The molecule has 6 nitrogen and oxygen atoms in total. The predicted molar refractivity (Wildman–Crippen MR) is 85.3 cm³/mol. The minimum absolute atomic E-state index is 0.299. The van der Waals surface area contributed by atoms with Crippen LogP contribution < -0.4 is 5.32 Å². The number of carbonyl (C=O) groups excluding carboxylic acids is 1. The van der Waals surface area contributed by atoms with E-state index in [1.54, 1.807) is 0 Å². The van der Waals surface area contributed by atoms with Crippen LogP contribution in [0, 0.1) is 16.0 Å². The van der Waals surface area contributed by atoms with Crippen molar-refractivity contribution in [2.75, 3.05) is 26.7 Å². The Morgan fingerprint density at radius 3 is 2.52 bits per heavy atom. The Morgan fingerprint density at radius 1 is 1.36 bits per heavy atom. The summed E-state index contributed by atoms with van der Waals surface area (Å²) in [6, 6.07) is 2.03. The number of alkyl halides is 3. The van der Waals surface area contributed by atoms with Crippen molar-refractivity contribution < 1.29 is 22.9 Å². The lowest BCUT2D eigenvalue weighted by molar-refractivity contribution is -0.385. The lowest BCUT2D eigenvalue weighted by Gasteiger charge is -2.32. The van der Waals surface area contributed by atoms with E-state index in [1.807, 2.05) is 7.05 Å². The van der Waals surface area contributed by atoms with Crippen molar-refractivity contribution in [2.24, 2.45) is 5.92 Å². The SMILES string of the molecule is CNCCC1CCN(C(=O)c2ccc(C(F)(F)F)cc2[N+](=O)[O-])CC1. The maximum Gasteiger partial charge on any atom is 0.416 e. The van der Waals surface area contributed by atoms with E-state index < -0.39 is 28.3 Å². The molecule has 0 bridgehead atoms. The summed E-state index contributed by atoms with van der Waals surface area (Å²) < 4.78 is 38.2. The molecule has 0 atom stereocenters. The number of nitrogens with zero attached hydrogens (tertiary/aromatic N) is 2. The van der Waals surface area contributed by atoms with Crippen molar-refractivity contribution in [1.82, 2.24) is 10.2 Å². The van der Waals surface area contributed by atoms with Crippen LogP contribution in [0.25, 0.3) is 0 Å². The fraction of sp³-hybridized carbons (Fsp3) is 0.562. The van der Waals surface area contributed by atoms with Crippen molar-refractivity contribution in [3.05, 3.63) is 39.4 Å². The number of piperidine rings is 1. The number of hydrogen-bond acceptors (Lipinski definition) is 4. The van der Waals surface area contributed by atoms with E-state index in [0.29, 0.717) is 31.1 Å². The van der Waals surface area contributed by atoms with Gasteiger partial charge in [-0.3, -0.25) is 14.9 Å². The summed E-state index contributed by atoms with van der Waals surface area (Å²) in [6.45, 7) is 1.78. The average Bonchev–Trinajstić information content (AvgIpc) is 2.58. The van der Waals surface area contributed by atoms with E-state index in [-0.39, 0.29) is 5.56 Å². The summed E-state index contributed by atoms with van der Waals surface area (Å²) in [5.41, 5.74) is -2.25. The fourth-order valence-corrected chi connectivity index (χ4v) is 2.98. The van der Waals surface area contributed by atoms with Gasteiger partial charge in [-0.05, 0) is 50.9 Å². The van der Waals surface area contributed by atoms with Crippen LogP contribution in [-0.4, -0.2) is 42.4 Å². The molecule has 1 aliphatic heterocycles. The predicted octanol–water partition coefficient (Wildman–Crippen LogP) is 3.08. The number of nitrogens with one attached hydrogen (secondary N) is 1. The lowest BCUT2D eigenvalue weighted by atomic mass is 9.93. The van der Waals surface area contributed by atoms with Crippen LogP contribution in [0.2, 0.25) is 0 Å². The van der Waals surface area contributed by atoms with E-state index in [4.69, 9.17) is 0 Å². The topological polar surface area (TPSA) is 75.5 Å². The smallest absolute Gasteiger partial charge is 0.338 e. The zero-order valence-electron chi connectivity index (χ0n) is 13.8. The second-order valence-electron chi connectivity index (χ2n) is 6.11. The molecule has 1 aliphatic rings. The molecule has 2 rings (SSSR count). The van der Waals surface area contributed by atoms with Gasteiger partial charge in [-0.2, -0.15) is 13.2 Å². The second-order valence-corrected chi connectivity index (χ2v) is 6.11. The zero-order chi connectivity index (χ0) is 18.6. The molecule has 9 heteroatoms. The molecule has 138 valence electrons. The quantitative estimate of drug-likeness (QED) is 0.648. The van der Waals surface area contributed by atoms with Crippen molar-refractivity contribution in [1.29, 1.82) is 0 Å². The summed E-state index contributed by atoms with van der Waals surface area (Å²) in [6.07, 6.45) is -2.15. The number of carbonyl (C=O) groups is 1. The normalized spacial score (nSPS) is 16.1. The van der Waals surface area contributed by atoms with Gasteiger partial charge < -0.3 is 10.2 Å². The maximum absolute atomic E-state index is 12.7. The Bertz CT molecular complexity index is 641. The van der Waals surface area contributed by atoms with Crippen LogP contribution in [0.15, 0.2) is 18.2 Å². The van der Waals surface area contributed by atoms with Crippen molar-refractivity contribution >= 4 is 11.6 Å². The molecule has 1 heterocycles. The van der Waals surface area contributed by atoms with Gasteiger partial charge in [0.15, 0.2) is 0 Å². The van der Waals surface area contributed by atoms with E-state index in [1.165, 1.54) is 4.90 Å². The first-order valence-electron chi connectivity index (χ1n) is 8.03. The molecule has 1 saturated heterocycles. The van der Waals surface area contributed by atoms with E-state index >= 15 is 0 Å². The van der Waals surface area contributed by atoms with Gasteiger partial charge in [0, 0.05) is 19.2 Å². The molecule has 1 N–H and O–H groups in total. The summed E-state index contributed by atoms with van der Waals surface area (Å²) >= 11 is 0. The van der Waals surface area contributed by atoms with E-state index in [0.717, 1.165) is 31.9 Å². The summed E-state index contributed by atoms with van der Waals surface area (Å²) in [4.78, 5) is 24.2. The fourth-order valence-electron chi connectivity index (χ4n) is 2.98.